The Morgan fingerprint density at radius 1 is 1.18 bits per heavy atom. The first kappa shape index (κ1) is 31.3. The van der Waals surface area contributed by atoms with Crippen molar-refractivity contribution in [3.63, 3.8) is 0 Å². The number of nitrogens with one attached hydrogen (secondary N) is 1. The van der Waals surface area contributed by atoms with E-state index in [4.69, 9.17) is 20.2 Å². The molecule has 0 bridgehead atoms. The number of aliphatic imine (C=N–C) groups is 2. The van der Waals surface area contributed by atoms with Gasteiger partial charge in [0.15, 0.2) is 0 Å². The first-order valence-electron chi connectivity index (χ1n) is 15.1. The summed E-state index contributed by atoms with van der Waals surface area (Å²) in [4.78, 5) is 28.8. The summed E-state index contributed by atoms with van der Waals surface area (Å²) in [5.41, 5.74) is 10.6. The van der Waals surface area contributed by atoms with Gasteiger partial charge in [-0.1, -0.05) is 45.0 Å². The summed E-state index contributed by atoms with van der Waals surface area (Å²) in [6.07, 6.45) is 8.34. The molecule has 0 aliphatic carbocycles. The Hall–Kier alpha value is -4.18. The molecule has 0 saturated carbocycles. The van der Waals surface area contributed by atoms with Crippen LogP contribution in [0.3, 0.4) is 0 Å². The highest BCUT2D eigenvalue weighted by atomic mass is 16.5. The van der Waals surface area contributed by atoms with Crippen molar-refractivity contribution in [3.8, 4) is 5.75 Å². The van der Waals surface area contributed by atoms with E-state index in [1.165, 1.54) is 6.21 Å². The van der Waals surface area contributed by atoms with Crippen LogP contribution < -0.4 is 15.8 Å². The number of fused-ring (bicyclic) bond motifs is 1. The second kappa shape index (κ2) is 14.1. The Balaban J connectivity index is 1.26. The van der Waals surface area contributed by atoms with Crippen molar-refractivity contribution in [1.82, 2.24) is 15.2 Å². The van der Waals surface area contributed by atoms with Gasteiger partial charge in [-0.15, -0.1) is 0 Å². The average molecular weight is 595 g/mol. The third-order valence-corrected chi connectivity index (χ3v) is 7.81. The molecule has 1 aromatic heterocycles. The number of carbonyl (C=O) groups is 1. The van der Waals surface area contributed by atoms with Gasteiger partial charge in [-0.25, -0.2) is 0 Å². The average Bonchev–Trinajstić information content (AvgIpc) is 3.45. The van der Waals surface area contributed by atoms with E-state index in [9.17, 15) is 4.79 Å². The van der Waals surface area contributed by atoms with Crippen LogP contribution in [0.25, 0.3) is 22.5 Å². The molecule has 9 heteroatoms. The lowest BCUT2D eigenvalue weighted by Crippen LogP contribution is -2.34. The second-order valence-corrected chi connectivity index (χ2v) is 12.1. The lowest BCUT2D eigenvalue weighted by molar-refractivity contribution is -0.117. The summed E-state index contributed by atoms with van der Waals surface area (Å²) in [5.74, 6) is 0.522. The smallest absolute Gasteiger partial charge is 0.269 e. The highest BCUT2D eigenvalue weighted by Gasteiger charge is 2.25. The molecule has 2 aromatic carbocycles. The number of amides is 1. The van der Waals surface area contributed by atoms with Crippen molar-refractivity contribution < 1.29 is 14.3 Å². The molecule has 3 heterocycles. The molecule has 230 valence electrons. The number of nitrogens with two attached hydrogens (primary N) is 1. The molecule has 44 heavy (non-hydrogen) atoms. The van der Waals surface area contributed by atoms with Crippen LogP contribution in [-0.4, -0.2) is 73.7 Å². The molecule has 1 atom stereocenters. The predicted octanol–water partition coefficient (Wildman–Crippen LogP) is 4.86. The number of methoxy groups -OCH3 is 1. The zero-order valence-electron chi connectivity index (χ0n) is 26.0. The molecule has 3 aromatic rings. The number of aromatic nitrogens is 1. The predicted molar refractivity (Wildman–Crippen MR) is 178 cm³/mol. The third-order valence-electron chi connectivity index (χ3n) is 7.81. The molecule has 0 spiro atoms. The summed E-state index contributed by atoms with van der Waals surface area (Å²) in [7, 11) is 1.74. The zero-order chi connectivity index (χ0) is 31.1. The fourth-order valence-corrected chi connectivity index (χ4v) is 5.29. The molecule has 1 fully saturated rings. The number of carbonyl (C=O) groups excluding carboxylic acids is 1. The van der Waals surface area contributed by atoms with E-state index in [-0.39, 0.29) is 29.7 Å². The summed E-state index contributed by atoms with van der Waals surface area (Å²) < 4.78 is 11.7. The molecular formula is C35H42N6O3. The van der Waals surface area contributed by atoms with Crippen molar-refractivity contribution in [3.05, 3.63) is 83.3 Å². The molecular weight excluding hydrogens is 552 g/mol. The monoisotopic (exact) mass is 594 g/mol. The number of allylic oxidation sites excluding steroid dienone is 1. The highest BCUT2D eigenvalue weighted by molar-refractivity contribution is 6.15. The Labute approximate surface area is 259 Å². The van der Waals surface area contributed by atoms with E-state index >= 15 is 0 Å². The van der Waals surface area contributed by atoms with Gasteiger partial charge in [-0.05, 0) is 53.8 Å². The molecule has 0 radical (unpaired) electrons. The fraction of sp³-hybridized carbons (Fsp3) is 0.371. The van der Waals surface area contributed by atoms with Crippen LogP contribution in [0.2, 0.25) is 0 Å². The Morgan fingerprint density at radius 3 is 2.70 bits per heavy atom. The van der Waals surface area contributed by atoms with E-state index in [0.717, 1.165) is 65.1 Å². The number of nitrogens with zero attached hydrogens (tertiary/aromatic N) is 4. The zero-order valence-corrected chi connectivity index (χ0v) is 26.0. The standard InChI is InChI=1S/C35H42N6O3/c1-35(2,3)33-21-30(40-33)28-9-10-32(29-8-6-5-7-27(28)29)44-23-24-11-14-37-25(19-24)20-31(38-15-13-36)34(42)39-16-18-41-17-12-26(22-41)43-4/h5-11,14-15,19-21,26H,12-13,16-18,22-23,36H2,1-4H3,(H,39,42)/b31-20?,38-15-. The van der Waals surface area contributed by atoms with Crippen molar-refractivity contribution in [2.45, 2.75) is 39.9 Å². The van der Waals surface area contributed by atoms with Crippen LogP contribution in [0, 0.1) is 5.41 Å². The minimum atomic E-state index is -0.271. The Bertz CT molecular complexity index is 1620. The summed E-state index contributed by atoms with van der Waals surface area (Å²) in [6.45, 7) is 10.2. The van der Waals surface area contributed by atoms with Crippen molar-refractivity contribution in [2.75, 3.05) is 39.8 Å². The van der Waals surface area contributed by atoms with Gasteiger partial charge in [0, 0.05) is 74.3 Å². The largest absolute Gasteiger partial charge is 0.488 e. The maximum Gasteiger partial charge on any atom is 0.269 e. The van der Waals surface area contributed by atoms with Crippen LogP contribution in [0.15, 0.2) is 76.5 Å². The number of pyridine rings is 1. The maximum atomic E-state index is 13.0. The minimum absolute atomic E-state index is 0.0321. The molecule has 1 unspecified atom stereocenters. The SMILES string of the molecule is COC1CCN(CCNC(=O)C(=Cc2cc(COc3ccc(C4=CC(C(C)(C)C)=N4)c4ccccc34)ccn2)/N=C\CN)C1. The van der Waals surface area contributed by atoms with Gasteiger partial charge < -0.3 is 20.5 Å². The number of likely N-dealkylation sites (tertiary alicyclic amines) is 1. The second-order valence-electron chi connectivity index (χ2n) is 12.1. The van der Waals surface area contributed by atoms with E-state index in [0.29, 0.717) is 18.8 Å². The molecule has 9 nitrogen and oxygen atoms in total. The van der Waals surface area contributed by atoms with Crippen LogP contribution in [0.5, 0.6) is 5.75 Å². The lowest BCUT2D eigenvalue weighted by Gasteiger charge is -2.26. The van der Waals surface area contributed by atoms with Gasteiger partial charge in [0.05, 0.1) is 17.5 Å². The summed E-state index contributed by atoms with van der Waals surface area (Å²) in [5, 5.41) is 5.10. The van der Waals surface area contributed by atoms with Crippen LogP contribution in [0.1, 0.15) is 44.0 Å². The van der Waals surface area contributed by atoms with Gasteiger partial charge >= 0.3 is 0 Å². The number of rotatable bonds is 12. The fourth-order valence-electron chi connectivity index (χ4n) is 5.29. The van der Waals surface area contributed by atoms with Crippen molar-refractivity contribution in [2.24, 2.45) is 21.1 Å². The Morgan fingerprint density at radius 2 is 1.98 bits per heavy atom. The van der Waals surface area contributed by atoms with Crippen LogP contribution >= 0.6 is 0 Å². The number of hydrogen-bond donors (Lipinski definition) is 2. The molecule has 3 N–H and O–H groups in total. The van der Waals surface area contributed by atoms with Crippen molar-refractivity contribution >= 4 is 40.4 Å². The number of ether oxygens (including phenoxy) is 2. The molecule has 5 rings (SSSR count). The van der Waals surface area contributed by atoms with E-state index in [1.54, 1.807) is 19.4 Å². The van der Waals surface area contributed by atoms with E-state index < -0.39 is 0 Å². The first-order chi connectivity index (χ1) is 21.2. The van der Waals surface area contributed by atoms with Gasteiger partial charge in [-0.2, -0.15) is 0 Å². The van der Waals surface area contributed by atoms with E-state index in [1.807, 2.05) is 30.3 Å². The van der Waals surface area contributed by atoms with Crippen molar-refractivity contribution in [1.29, 1.82) is 0 Å². The van der Waals surface area contributed by atoms with Gasteiger partial charge in [0.2, 0.25) is 0 Å². The summed E-state index contributed by atoms with van der Waals surface area (Å²) in [6, 6.07) is 16.1. The van der Waals surface area contributed by atoms with Crippen LogP contribution in [-0.2, 0) is 16.1 Å². The lowest BCUT2D eigenvalue weighted by atomic mass is 9.85. The molecule has 2 aliphatic rings. The topological polar surface area (TPSA) is 114 Å². The number of hydrogen-bond acceptors (Lipinski definition) is 8. The van der Waals surface area contributed by atoms with Gasteiger partial charge in [0.1, 0.15) is 18.1 Å². The quantitative estimate of drug-likeness (QED) is 0.229. The van der Waals surface area contributed by atoms with E-state index in [2.05, 4.69) is 65.2 Å². The summed E-state index contributed by atoms with van der Waals surface area (Å²) >= 11 is 0. The van der Waals surface area contributed by atoms with Gasteiger partial charge in [0.25, 0.3) is 5.91 Å². The minimum Gasteiger partial charge on any atom is -0.488 e. The Kier molecular flexibility index (Phi) is 9.99. The van der Waals surface area contributed by atoms with Gasteiger partial charge in [-0.3, -0.25) is 24.7 Å². The maximum absolute atomic E-state index is 13.0. The first-order valence-corrected chi connectivity index (χ1v) is 15.1. The molecule has 1 saturated heterocycles. The van der Waals surface area contributed by atoms with Crippen LogP contribution in [0.4, 0.5) is 0 Å². The normalized spacial score (nSPS) is 17.5. The third kappa shape index (κ3) is 7.66. The highest BCUT2D eigenvalue weighted by Crippen LogP contribution is 2.37. The molecule has 2 aliphatic heterocycles. The molecule has 1 amide bonds. The number of benzene rings is 2.